The number of hydrogen-bond donors (Lipinski definition) is 1. The fourth-order valence-corrected chi connectivity index (χ4v) is 3.11. The van der Waals surface area contributed by atoms with Crippen LogP contribution in [0.15, 0.2) is 45.3 Å². The van der Waals surface area contributed by atoms with Gasteiger partial charge in [-0.25, -0.2) is 0 Å². The predicted octanol–water partition coefficient (Wildman–Crippen LogP) is 4.78. The minimum atomic E-state index is -0.559. The third-order valence-corrected chi connectivity index (χ3v) is 5.48. The molecule has 1 aliphatic heterocycles. The van der Waals surface area contributed by atoms with E-state index in [0.717, 1.165) is 25.8 Å². The molecule has 3 rings (SSSR count). The average Bonchev–Trinajstić information content (AvgIpc) is 2.49. The normalized spacial score (nSPS) is 20.6. The van der Waals surface area contributed by atoms with Crippen molar-refractivity contribution in [3.8, 4) is 11.5 Å². The largest absolute Gasteiger partial charge is 0.497 e. The van der Waals surface area contributed by atoms with Gasteiger partial charge in [-0.05, 0) is 67.8 Å². The molecule has 1 aliphatic rings. The molecule has 110 valence electrons. The van der Waals surface area contributed by atoms with Crippen LogP contribution in [0.25, 0.3) is 0 Å². The monoisotopic (exact) mass is 412 g/mol. The molecule has 0 saturated carbocycles. The molecule has 0 aromatic heterocycles. The van der Waals surface area contributed by atoms with Gasteiger partial charge in [0.25, 0.3) is 0 Å². The lowest BCUT2D eigenvalue weighted by Crippen LogP contribution is -2.19. The maximum Gasteiger partial charge on any atom is 0.127 e. The number of aliphatic hydroxyl groups is 1. The second kappa shape index (κ2) is 5.99. The Labute approximate surface area is 140 Å². The summed E-state index contributed by atoms with van der Waals surface area (Å²) in [5, 5.41) is 10.4. The van der Waals surface area contributed by atoms with E-state index in [1.54, 1.807) is 7.11 Å². The van der Waals surface area contributed by atoms with Crippen LogP contribution in [0.2, 0.25) is 0 Å². The van der Waals surface area contributed by atoms with Gasteiger partial charge in [-0.3, -0.25) is 0 Å². The van der Waals surface area contributed by atoms with Crippen molar-refractivity contribution in [2.45, 2.75) is 18.6 Å². The van der Waals surface area contributed by atoms with Crippen molar-refractivity contribution in [1.29, 1.82) is 0 Å². The molecule has 2 atom stereocenters. The van der Waals surface area contributed by atoms with Crippen molar-refractivity contribution < 1.29 is 14.6 Å². The van der Waals surface area contributed by atoms with Gasteiger partial charge in [0.2, 0.25) is 0 Å². The van der Waals surface area contributed by atoms with Gasteiger partial charge in [-0.15, -0.1) is 0 Å². The third kappa shape index (κ3) is 2.96. The lowest BCUT2D eigenvalue weighted by atomic mass is 9.95. The molecule has 0 spiro atoms. The molecule has 0 radical (unpaired) electrons. The molecule has 1 heterocycles. The Morgan fingerprint density at radius 2 is 1.95 bits per heavy atom. The first-order chi connectivity index (χ1) is 10.1. The SMILES string of the molecule is COc1ccc2c(c1)C(O)CC(c1ccc(Br)c(Br)c1)O2. The maximum absolute atomic E-state index is 10.4. The molecule has 2 aromatic carbocycles. The van der Waals surface area contributed by atoms with Crippen LogP contribution in [-0.2, 0) is 0 Å². The number of methoxy groups -OCH3 is 1. The average molecular weight is 414 g/mol. The van der Waals surface area contributed by atoms with Crippen LogP contribution in [-0.4, -0.2) is 12.2 Å². The quantitative estimate of drug-likeness (QED) is 0.769. The summed E-state index contributed by atoms with van der Waals surface area (Å²) in [6.45, 7) is 0. The van der Waals surface area contributed by atoms with E-state index in [4.69, 9.17) is 9.47 Å². The standard InChI is InChI=1S/C16H14Br2O3/c1-20-10-3-5-15-11(7-10)14(19)8-16(21-15)9-2-4-12(17)13(18)6-9/h2-7,14,16,19H,8H2,1H3. The van der Waals surface area contributed by atoms with E-state index in [2.05, 4.69) is 31.9 Å². The van der Waals surface area contributed by atoms with Crippen LogP contribution < -0.4 is 9.47 Å². The summed E-state index contributed by atoms with van der Waals surface area (Å²) in [7, 11) is 1.61. The van der Waals surface area contributed by atoms with E-state index in [-0.39, 0.29) is 6.10 Å². The smallest absolute Gasteiger partial charge is 0.127 e. The molecular weight excluding hydrogens is 400 g/mol. The molecule has 3 nitrogen and oxygen atoms in total. The van der Waals surface area contributed by atoms with E-state index in [9.17, 15) is 5.11 Å². The van der Waals surface area contributed by atoms with Crippen LogP contribution >= 0.6 is 31.9 Å². The second-order valence-electron chi connectivity index (χ2n) is 4.94. The molecule has 0 saturated heterocycles. The van der Waals surface area contributed by atoms with Gasteiger partial charge in [0.05, 0.1) is 13.2 Å². The van der Waals surface area contributed by atoms with Crippen LogP contribution in [0.5, 0.6) is 11.5 Å². The zero-order valence-electron chi connectivity index (χ0n) is 11.3. The lowest BCUT2D eigenvalue weighted by molar-refractivity contribution is 0.0654. The van der Waals surface area contributed by atoms with Crippen molar-refractivity contribution in [2.75, 3.05) is 7.11 Å². The van der Waals surface area contributed by atoms with Crippen molar-refractivity contribution in [2.24, 2.45) is 0 Å². The highest BCUT2D eigenvalue weighted by Gasteiger charge is 2.28. The Balaban J connectivity index is 1.92. The number of aliphatic hydroxyl groups excluding tert-OH is 1. The highest BCUT2D eigenvalue weighted by Crippen LogP contribution is 2.42. The third-order valence-electron chi connectivity index (χ3n) is 3.60. The minimum Gasteiger partial charge on any atom is -0.497 e. The molecule has 0 aliphatic carbocycles. The van der Waals surface area contributed by atoms with Crippen LogP contribution in [0.3, 0.4) is 0 Å². The number of hydrogen-bond acceptors (Lipinski definition) is 3. The summed E-state index contributed by atoms with van der Waals surface area (Å²) in [5.74, 6) is 1.43. The van der Waals surface area contributed by atoms with Crippen LogP contribution in [0, 0.1) is 0 Å². The highest BCUT2D eigenvalue weighted by atomic mass is 79.9. The highest BCUT2D eigenvalue weighted by molar-refractivity contribution is 9.13. The predicted molar refractivity (Wildman–Crippen MR) is 87.8 cm³/mol. The maximum atomic E-state index is 10.4. The molecular formula is C16H14Br2O3. The van der Waals surface area contributed by atoms with Crippen molar-refractivity contribution in [3.63, 3.8) is 0 Å². The molecule has 0 amide bonds. The fourth-order valence-electron chi connectivity index (χ4n) is 2.47. The number of halogens is 2. The van der Waals surface area contributed by atoms with Crippen molar-refractivity contribution in [3.05, 3.63) is 56.5 Å². The Morgan fingerprint density at radius 1 is 1.14 bits per heavy atom. The van der Waals surface area contributed by atoms with E-state index in [1.807, 2.05) is 36.4 Å². The molecule has 5 heteroatoms. The lowest BCUT2D eigenvalue weighted by Gasteiger charge is -2.30. The first kappa shape index (κ1) is 14.9. The van der Waals surface area contributed by atoms with E-state index in [1.165, 1.54) is 0 Å². The van der Waals surface area contributed by atoms with Crippen molar-refractivity contribution >= 4 is 31.9 Å². The summed E-state index contributed by atoms with van der Waals surface area (Å²) in [6.07, 6.45) is -0.199. The van der Waals surface area contributed by atoms with Crippen LogP contribution in [0.4, 0.5) is 0 Å². The number of rotatable bonds is 2. The second-order valence-corrected chi connectivity index (χ2v) is 6.64. The van der Waals surface area contributed by atoms with Gasteiger partial charge in [0.1, 0.15) is 17.6 Å². The summed E-state index contributed by atoms with van der Waals surface area (Å²) in [5.41, 5.74) is 1.81. The van der Waals surface area contributed by atoms with Gasteiger partial charge in [-0.2, -0.15) is 0 Å². The first-order valence-corrected chi connectivity index (χ1v) is 8.14. The Kier molecular flexibility index (Phi) is 4.24. The Morgan fingerprint density at radius 3 is 2.67 bits per heavy atom. The molecule has 2 unspecified atom stereocenters. The van der Waals surface area contributed by atoms with Crippen molar-refractivity contribution in [1.82, 2.24) is 0 Å². The Bertz CT molecular complexity index is 673. The zero-order valence-corrected chi connectivity index (χ0v) is 14.5. The minimum absolute atomic E-state index is 0.162. The molecule has 0 bridgehead atoms. The van der Waals surface area contributed by atoms with Gasteiger partial charge >= 0.3 is 0 Å². The number of benzene rings is 2. The number of fused-ring (bicyclic) bond motifs is 1. The van der Waals surface area contributed by atoms with Gasteiger partial charge in [0, 0.05) is 20.9 Å². The fraction of sp³-hybridized carbons (Fsp3) is 0.250. The molecule has 0 fully saturated rings. The van der Waals surface area contributed by atoms with E-state index in [0.29, 0.717) is 12.2 Å². The Hall–Kier alpha value is -1.04. The van der Waals surface area contributed by atoms with Gasteiger partial charge in [0.15, 0.2) is 0 Å². The molecule has 1 N–H and O–H groups in total. The summed E-state index contributed by atoms with van der Waals surface area (Å²) in [4.78, 5) is 0. The van der Waals surface area contributed by atoms with Gasteiger partial charge < -0.3 is 14.6 Å². The van der Waals surface area contributed by atoms with Crippen LogP contribution in [0.1, 0.15) is 29.8 Å². The topological polar surface area (TPSA) is 38.7 Å². The molecule has 2 aromatic rings. The first-order valence-electron chi connectivity index (χ1n) is 6.56. The summed E-state index contributed by atoms with van der Waals surface area (Å²) in [6, 6.07) is 11.5. The summed E-state index contributed by atoms with van der Waals surface area (Å²) >= 11 is 6.95. The van der Waals surface area contributed by atoms with E-state index < -0.39 is 6.10 Å². The zero-order chi connectivity index (χ0) is 15.0. The molecule has 21 heavy (non-hydrogen) atoms. The van der Waals surface area contributed by atoms with Gasteiger partial charge in [-0.1, -0.05) is 6.07 Å². The summed E-state index contributed by atoms with van der Waals surface area (Å²) < 4.78 is 13.2. The number of ether oxygens (including phenoxy) is 2. The van der Waals surface area contributed by atoms with E-state index >= 15 is 0 Å².